The second-order valence-electron chi connectivity index (χ2n) is 6.85. The standard InChI is InChI=1S/C21H25N3O3.ClH/c1-22(2)13-6-14-23-19-8-5-4-7-18(19)20(25)24(21(23)26)15-16-9-11-17(27-3)12-10-16;/h4-5,7-12H,6,13-15H2,1-3H3;1H. The topological polar surface area (TPSA) is 56.5 Å². The van der Waals surface area contributed by atoms with Crippen molar-refractivity contribution in [2.75, 3.05) is 27.7 Å². The highest BCUT2D eigenvalue weighted by atomic mass is 35.5. The first-order valence-electron chi connectivity index (χ1n) is 9.01. The summed E-state index contributed by atoms with van der Waals surface area (Å²) in [7, 11) is 5.62. The highest BCUT2D eigenvalue weighted by Gasteiger charge is 2.13. The van der Waals surface area contributed by atoms with Crippen LogP contribution < -0.4 is 16.0 Å². The Kier molecular flexibility index (Phi) is 7.43. The van der Waals surface area contributed by atoms with Gasteiger partial charge in [0.05, 0.1) is 24.6 Å². The molecule has 0 atom stereocenters. The van der Waals surface area contributed by atoms with Crippen molar-refractivity contribution >= 4 is 23.3 Å². The van der Waals surface area contributed by atoms with Gasteiger partial charge in [-0.25, -0.2) is 4.79 Å². The van der Waals surface area contributed by atoms with Crippen molar-refractivity contribution in [1.29, 1.82) is 0 Å². The quantitative estimate of drug-likeness (QED) is 0.608. The van der Waals surface area contributed by atoms with Crippen LogP contribution >= 0.6 is 12.4 Å². The molecule has 28 heavy (non-hydrogen) atoms. The average Bonchev–Trinajstić information content (AvgIpc) is 2.68. The van der Waals surface area contributed by atoms with Gasteiger partial charge < -0.3 is 9.64 Å². The van der Waals surface area contributed by atoms with Gasteiger partial charge in [-0.3, -0.25) is 13.9 Å². The van der Waals surface area contributed by atoms with Crippen molar-refractivity contribution in [3.8, 4) is 5.75 Å². The van der Waals surface area contributed by atoms with Crippen molar-refractivity contribution in [1.82, 2.24) is 14.0 Å². The minimum absolute atomic E-state index is 0. The summed E-state index contributed by atoms with van der Waals surface area (Å²) in [5.74, 6) is 0.741. The molecule has 3 aromatic rings. The van der Waals surface area contributed by atoms with Crippen LogP contribution in [0.3, 0.4) is 0 Å². The second kappa shape index (κ2) is 9.57. The Morgan fingerprint density at radius 1 is 0.964 bits per heavy atom. The van der Waals surface area contributed by atoms with E-state index in [1.807, 2.05) is 56.6 Å². The molecule has 0 saturated heterocycles. The molecule has 0 spiro atoms. The van der Waals surface area contributed by atoms with E-state index >= 15 is 0 Å². The number of para-hydroxylation sites is 1. The van der Waals surface area contributed by atoms with Crippen LogP contribution in [0.2, 0.25) is 0 Å². The molecule has 1 aromatic heterocycles. The van der Waals surface area contributed by atoms with Gasteiger partial charge in [0, 0.05) is 6.54 Å². The maximum Gasteiger partial charge on any atom is 0.331 e. The Labute approximate surface area is 170 Å². The first-order valence-corrected chi connectivity index (χ1v) is 9.01. The Hall–Kier alpha value is -2.57. The Balaban J connectivity index is 0.00000280. The van der Waals surface area contributed by atoms with Gasteiger partial charge in [-0.15, -0.1) is 12.4 Å². The molecule has 0 aliphatic rings. The van der Waals surface area contributed by atoms with Gasteiger partial charge in [-0.1, -0.05) is 24.3 Å². The van der Waals surface area contributed by atoms with Gasteiger partial charge in [-0.2, -0.15) is 0 Å². The number of rotatable bonds is 7. The van der Waals surface area contributed by atoms with Crippen LogP contribution in [-0.4, -0.2) is 41.8 Å². The van der Waals surface area contributed by atoms with Crippen molar-refractivity contribution in [3.63, 3.8) is 0 Å². The normalized spacial score (nSPS) is 10.9. The SMILES string of the molecule is COc1ccc(Cn2c(=O)c3ccccc3n(CCCN(C)C)c2=O)cc1.Cl. The molecule has 0 fully saturated rings. The van der Waals surface area contributed by atoms with E-state index in [2.05, 4.69) is 4.90 Å². The first kappa shape index (κ1) is 21.7. The lowest BCUT2D eigenvalue weighted by molar-refractivity contribution is 0.384. The number of methoxy groups -OCH3 is 1. The zero-order valence-electron chi connectivity index (χ0n) is 16.4. The number of hydrogen-bond donors (Lipinski definition) is 0. The van der Waals surface area contributed by atoms with Crippen LogP contribution in [0.1, 0.15) is 12.0 Å². The summed E-state index contributed by atoms with van der Waals surface area (Å²) in [6.45, 7) is 1.68. The molecule has 0 bridgehead atoms. The Morgan fingerprint density at radius 3 is 2.29 bits per heavy atom. The summed E-state index contributed by atoms with van der Waals surface area (Å²) in [6.07, 6.45) is 0.831. The lowest BCUT2D eigenvalue weighted by Crippen LogP contribution is -2.40. The third-order valence-electron chi connectivity index (χ3n) is 4.62. The summed E-state index contributed by atoms with van der Waals surface area (Å²) in [5, 5.41) is 0.565. The van der Waals surface area contributed by atoms with E-state index in [0.717, 1.165) is 24.3 Å². The zero-order chi connectivity index (χ0) is 19.4. The van der Waals surface area contributed by atoms with E-state index in [-0.39, 0.29) is 30.2 Å². The predicted octanol–water partition coefficient (Wildman–Crippen LogP) is 2.59. The molecular weight excluding hydrogens is 378 g/mol. The van der Waals surface area contributed by atoms with Crippen molar-refractivity contribution in [2.24, 2.45) is 0 Å². The number of nitrogens with zero attached hydrogens (tertiary/aromatic N) is 3. The molecule has 0 N–H and O–H groups in total. The van der Waals surface area contributed by atoms with Gasteiger partial charge >= 0.3 is 5.69 Å². The number of fused-ring (bicyclic) bond motifs is 1. The maximum absolute atomic E-state index is 13.1. The number of halogens is 1. The monoisotopic (exact) mass is 403 g/mol. The van der Waals surface area contributed by atoms with Crippen LogP contribution in [0.5, 0.6) is 5.75 Å². The van der Waals surface area contributed by atoms with Crippen LogP contribution in [-0.2, 0) is 13.1 Å². The average molecular weight is 404 g/mol. The molecule has 7 heteroatoms. The first-order chi connectivity index (χ1) is 13.0. The van der Waals surface area contributed by atoms with Gasteiger partial charge in [0.25, 0.3) is 5.56 Å². The van der Waals surface area contributed by atoms with E-state index in [4.69, 9.17) is 4.74 Å². The lowest BCUT2D eigenvalue weighted by Gasteiger charge is -2.15. The highest BCUT2D eigenvalue weighted by molar-refractivity contribution is 5.85. The summed E-state index contributed by atoms with van der Waals surface area (Å²) in [6, 6.07) is 14.7. The summed E-state index contributed by atoms with van der Waals surface area (Å²) >= 11 is 0. The van der Waals surface area contributed by atoms with Crippen LogP contribution in [0.15, 0.2) is 58.1 Å². The fourth-order valence-electron chi connectivity index (χ4n) is 3.18. The number of aryl methyl sites for hydroxylation is 1. The molecule has 1 heterocycles. The minimum Gasteiger partial charge on any atom is -0.497 e. The minimum atomic E-state index is -0.270. The molecule has 0 amide bonds. The third-order valence-corrected chi connectivity index (χ3v) is 4.62. The van der Waals surface area contributed by atoms with Crippen LogP contribution in [0.25, 0.3) is 10.9 Å². The number of hydrogen-bond acceptors (Lipinski definition) is 4. The molecule has 0 aliphatic heterocycles. The van der Waals surface area contributed by atoms with Crippen molar-refractivity contribution < 1.29 is 4.74 Å². The van der Waals surface area contributed by atoms with E-state index in [9.17, 15) is 9.59 Å². The van der Waals surface area contributed by atoms with Gasteiger partial charge in [-0.05, 0) is 56.9 Å². The van der Waals surface area contributed by atoms with E-state index in [1.165, 1.54) is 4.57 Å². The van der Waals surface area contributed by atoms with Crippen molar-refractivity contribution in [2.45, 2.75) is 19.5 Å². The van der Waals surface area contributed by atoms with Gasteiger partial charge in [0.1, 0.15) is 5.75 Å². The second-order valence-corrected chi connectivity index (χ2v) is 6.85. The molecule has 0 saturated carbocycles. The number of ether oxygens (including phenoxy) is 1. The van der Waals surface area contributed by atoms with Crippen LogP contribution in [0, 0.1) is 0 Å². The summed E-state index contributed by atoms with van der Waals surface area (Å²) in [5.41, 5.74) is 1.05. The summed E-state index contributed by atoms with van der Waals surface area (Å²) < 4.78 is 8.20. The predicted molar refractivity (Wildman–Crippen MR) is 115 cm³/mol. The van der Waals surface area contributed by atoms with E-state index in [1.54, 1.807) is 17.7 Å². The zero-order valence-corrected chi connectivity index (χ0v) is 17.2. The molecule has 0 radical (unpaired) electrons. The van der Waals surface area contributed by atoms with Crippen LogP contribution in [0.4, 0.5) is 0 Å². The fourth-order valence-corrected chi connectivity index (χ4v) is 3.18. The van der Waals surface area contributed by atoms with E-state index in [0.29, 0.717) is 17.4 Å². The number of aromatic nitrogens is 2. The molecular formula is C21H26ClN3O3. The molecule has 6 nitrogen and oxygen atoms in total. The highest BCUT2D eigenvalue weighted by Crippen LogP contribution is 2.13. The molecule has 3 rings (SSSR count). The van der Waals surface area contributed by atoms with Gasteiger partial charge in [0.15, 0.2) is 0 Å². The Morgan fingerprint density at radius 2 is 1.64 bits per heavy atom. The van der Waals surface area contributed by atoms with Crippen molar-refractivity contribution in [3.05, 3.63) is 74.9 Å². The largest absolute Gasteiger partial charge is 0.497 e. The Bertz CT molecular complexity index is 1040. The third kappa shape index (κ3) is 4.64. The molecule has 2 aromatic carbocycles. The molecule has 0 aliphatic carbocycles. The van der Waals surface area contributed by atoms with Gasteiger partial charge in [0.2, 0.25) is 0 Å². The maximum atomic E-state index is 13.1. The summed E-state index contributed by atoms with van der Waals surface area (Å²) in [4.78, 5) is 28.1. The molecule has 0 unspecified atom stereocenters. The fraction of sp³-hybridized carbons (Fsp3) is 0.333. The smallest absolute Gasteiger partial charge is 0.331 e. The molecule has 150 valence electrons. The number of benzene rings is 2. The van der Waals surface area contributed by atoms with E-state index < -0.39 is 0 Å². The lowest BCUT2D eigenvalue weighted by atomic mass is 10.2.